The molecule has 9 rings (SSSR count). The molecule has 5 atom stereocenters. The molecule has 4 amide bonds. The summed E-state index contributed by atoms with van der Waals surface area (Å²) in [6.45, 7) is 14.8. The van der Waals surface area contributed by atoms with Gasteiger partial charge in [0.2, 0.25) is 11.8 Å². The molecule has 2 aromatic carbocycles. The molecule has 0 saturated carbocycles. The molecule has 4 aromatic rings. The Labute approximate surface area is 423 Å². The zero-order valence-corrected chi connectivity index (χ0v) is 42.9. The number of methoxy groups -OCH3 is 1. The third-order valence-electron chi connectivity index (χ3n) is 15.5. The number of rotatable bonds is 8. The van der Waals surface area contributed by atoms with Crippen molar-refractivity contribution in [2.45, 2.75) is 97.4 Å². The van der Waals surface area contributed by atoms with E-state index in [0.717, 1.165) is 63.2 Å². The maximum absolute atomic E-state index is 14.9. The van der Waals surface area contributed by atoms with Gasteiger partial charge in [-0.25, -0.2) is 5.43 Å². The van der Waals surface area contributed by atoms with Crippen LogP contribution in [0.3, 0.4) is 0 Å². The number of fused-ring (bicyclic) bond motifs is 6. The number of carbonyl (C=O) groups excluding carboxylic acids is 5. The Morgan fingerprint density at radius 2 is 1.75 bits per heavy atom. The fraction of sp³-hybridized carbons (Fsp3) is 0.536. The first-order chi connectivity index (χ1) is 34.6. The van der Waals surface area contributed by atoms with Gasteiger partial charge in [0.25, 0.3) is 11.8 Å². The monoisotopic (exact) mass is 983 g/mol. The fourth-order valence-electron chi connectivity index (χ4n) is 11.5. The van der Waals surface area contributed by atoms with Gasteiger partial charge in [-0.2, -0.15) is 0 Å². The summed E-state index contributed by atoms with van der Waals surface area (Å²) < 4.78 is 19.6. The van der Waals surface area contributed by atoms with E-state index in [2.05, 4.69) is 89.3 Å². The Morgan fingerprint density at radius 1 is 0.972 bits per heavy atom. The Balaban J connectivity index is 1.01. The van der Waals surface area contributed by atoms with Crippen LogP contribution in [-0.2, 0) is 58.1 Å². The van der Waals surface area contributed by atoms with Crippen LogP contribution < -0.4 is 10.7 Å². The molecule has 72 heavy (non-hydrogen) atoms. The number of likely N-dealkylation sites (tertiary alicyclic amines) is 2. The molecule has 0 aliphatic carbocycles. The highest BCUT2D eigenvalue weighted by Crippen LogP contribution is 2.43. The number of morpholine rings is 1. The number of nitrogens with zero attached hydrogens (tertiary/aromatic N) is 6. The molecule has 0 radical (unpaired) electrons. The number of ether oxygens (including phenoxy) is 3. The number of hydrazine groups is 1. The Hall–Kier alpha value is -6.12. The van der Waals surface area contributed by atoms with Crippen molar-refractivity contribution in [1.29, 1.82) is 0 Å². The number of hydrogen-bond donors (Lipinski definition) is 2. The summed E-state index contributed by atoms with van der Waals surface area (Å²) in [6.07, 6.45) is 4.27. The molecule has 16 heteroatoms. The Bertz CT molecular complexity index is 2790. The quantitative estimate of drug-likeness (QED) is 0.179. The van der Waals surface area contributed by atoms with E-state index in [-0.39, 0.29) is 49.3 Å². The highest BCUT2D eigenvalue weighted by molar-refractivity contribution is 5.98. The number of aryl methyl sites for hydroxylation is 1. The summed E-state index contributed by atoms with van der Waals surface area (Å²) in [4.78, 5) is 81.8. The van der Waals surface area contributed by atoms with Gasteiger partial charge in [-0.05, 0) is 97.4 Å². The van der Waals surface area contributed by atoms with Crippen LogP contribution in [0.2, 0.25) is 0 Å². The molecule has 4 saturated heterocycles. The van der Waals surface area contributed by atoms with Crippen LogP contribution in [0.15, 0.2) is 60.8 Å². The molecule has 2 aromatic heterocycles. The topological polar surface area (TPSA) is 168 Å². The lowest BCUT2D eigenvalue weighted by atomic mass is 9.84. The predicted octanol–water partition coefficient (Wildman–Crippen LogP) is 5.07. The highest BCUT2D eigenvalue weighted by atomic mass is 16.5. The van der Waals surface area contributed by atoms with Crippen LogP contribution in [0.5, 0.6) is 0 Å². The number of cyclic esters (lactones) is 1. The molecule has 16 nitrogen and oxygen atoms in total. The standard InChI is InChI=1S/C56H70N8O8/c1-36(2)49(63-25-20-56(54(63)69)19-24-62(34-56)47(65)16-11-22-61-26-28-71-29-27-61)51(66)58-45-31-38-12-8-13-39(30-38)40-17-18-46-42(32-40)43(50(60(46)6)41-14-9-21-57-48(41)37(3)70-7)33-55(4,5)35-72-53(68)44-15-10-23-64(59-44)52(45)67/h8-9,12-14,17-18,21,30,32,36-37,44-45,49,59H,10,15,19-20,22-29,31,33-35H2,1-7H3,(H,58,66)/t37-,44-,45-,49?,56?/m0/s1. The normalized spacial score (nSPS) is 23.7. The minimum Gasteiger partial charge on any atom is -0.464 e. The number of nitrogens with one attached hydrogen (secondary N) is 2. The van der Waals surface area contributed by atoms with Crippen molar-refractivity contribution in [3.8, 4) is 34.2 Å². The predicted molar refractivity (Wildman–Crippen MR) is 273 cm³/mol. The van der Waals surface area contributed by atoms with E-state index in [9.17, 15) is 24.0 Å². The van der Waals surface area contributed by atoms with E-state index in [0.29, 0.717) is 71.5 Å². The van der Waals surface area contributed by atoms with Crippen molar-refractivity contribution < 1.29 is 38.2 Å². The van der Waals surface area contributed by atoms with Gasteiger partial charge in [0, 0.05) is 87.9 Å². The molecule has 7 heterocycles. The average molecular weight is 983 g/mol. The second-order valence-electron chi connectivity index (χ2n) is 21.5. The number of benzene rings is 2. The largest absolute Gasteiger partial charge is 0.464 e. The summed E-state index contributed by atoms with van der Waals surface area (Å²) in [5.74, 6) is 3.78. The van der Waals surface area contributed by atoms with Crippen LogP contribution in [0.25, 0.3) is 33.3 Å². The van der Waals surface area contributed by atoms with Crippen molar-refractivity contribution >= 4 is 40.5 Å². The Kier molecular flexibility index (Phi) is 14.9. The fourth-order valence-corrected chi connectivity index (χ4v) is 11.5. The smallest absolute Gasteiger partial charge is 0.324 e. The van der Waals surface area contributed by atoms with Crippen LogP contribution >= 0.6 is 0 Å². The Morgan fingerprint density at radius 3 is 2.53 bits per heavy atom. The molecule has 6 bridgehead atoms. The van der Waals surface area contributed by atoms with Gasteiger partial charge < -0.3 is 33.9 Å². The van der Waals surface area contributed by atoms with E-state index in [1.54, 1.807) is 23.1 Å². The zero-order valence-electron chi connectivity index (χ0n) is 42.9. The summed E-state index contributed by atoms with van der Waals surface area (Å²) in [6, 6.07) is 15.8. The van der Waals surface area contributed by atoms with Gasteiger partial charge >= 0.3 is 5.97 Å². The number of carbonyl (C=O) groups is 5. The molecular formula is C56H70N8O8. The van der Waals surface area contributed by atoms with Gasteiger partial charge in [-0.15, -0.1) is 0 Å². The minimum atomic E-state index is -1.05. The minimum absolute atomic E-state index is 0.132. The van der Waals surface area contributed by atoms with Crippen LogP contribution in [0, 0.1) is 28.6 Å². The molecule has 1 spiro atoms. The van der Waals surface area contributed by atoms with Crippen LogP contribution in [-0.4, -0.2) is 150 Å². The average Bonchev–Trinajstić information content (AvgIpc) is 4.04. The van der Waals surface area contributed by atoms with E-state index < -0.39 is 40.8 Å². The first-order valence-corrected chi connectivity index (χ1v) is 25.7. The van der Waals surface area contributed by atoms with E-state index in [1.807, 2.05) is 39.0 Å². The maximum Gasteiger partial charge on any atom is 0.324 e. The molecule has 5 aliphatic heterocycles. The van der Waals surface area contributed by atoms with Gasteiger partial charge in [0.15, 0.2) is 0 Å². The molecule has 5 aliphatic rings. The third kappa shape index (κ3) is 10.4. The zero-order chi connectivity index (χ0) is 50.9. The lowest BCUT2D eigenvalue weighted by Crippen LogP contribution is -2.62. The van der Waals surface area contributed by atoms with E-state index in [1.165, 1.54) is 5.01 Å². The third-order valence-corrected chi connectivity index (χ3v) is 15.5. The van der Waals surface area contributed by atoms with Gasteiger partial charge in [0.05, 0.1) is 49.3 Å². The second-order valence-corrected chi connectivity index (χ2v) is 21.5. The van der Waals surface area contributed by atoms with Crippen molar-refractivity contribution in [2.24, 2.45) is 23.8 Å². The summed E-state index contributed by atoms with van der Waals surface area (Å²) >= 11 is 0. The van der Waals surface area contributed by atoms with Crippen molar-refractivity contribution in [3.63, 3.8) is 0 Å². The van der Waals surface area contributed by atoms with Crippen LogP contribution in [0.1, 0.15) is 83.2 Å². The molecule has 2 unspecified atom stereocenters. The van der Waals surface area contributed by atoms with Gasteiger partial charge in [0.1, 0.15) is 18.1 Å². The van der Waals surface area contributed by atoms with Crippen molar-refractivity contribution in [2.75, 3.05) is 72.7 Å². The highest BCUT2D eigenvalue weighted by Gasteiger charge is 2.54. The number of pyridine rings is 1. The van der Waals surface area contributed by atoms with Gasteiger partial charge in [-0.3, -0.25) is 38.9 Å². The lowest BCUT2D eigenvalue weighted by Gasteiger charge is -2.37. The van der Waals surface area contributed by atoms with Crippen LogP contribution in [0.4, 0.5) is 0 Å². The molecule has 382 valence electrons. The summed E-state index contributed by atoms with van der Waals surface area (Å²) in [7, 11) is 3.76. The second kappa shape index (κ2) is 21.2. The molecule has 2 N–H and O–H groups in total. The lowest BCUT2D eigenvalue weighted by molar-refractivity contribution is -0.155. The molecule has 4 fully saturated rings. The SMILES string of the molecule is CO[C@@H](C)c1ncccc1-c1c2c3cc(ccc3n1C)-c1cccc(c1)C[C@H](NC(=O)C(C(C)C)N1CCC3(CCN(C(=O)C#CCN4CCOCC4)C3)C1=O)C(=O)N1CCC[C@H](N1)C(=O)OCC(C)(C)C2. The maximum atomic E-state index is 14.9. The number of hydrogen-bond acceptors (Lipinski definition) is 11. The van der Waals surface area contributed by atoms with Crippen molar-refractivity contribution in [1.82, 2.24) is 40.0 Å². The summed E-state index contributed by atoms with van der Waals surface area (Å²) in [5.41, 5.74) is 9.57. The number of aromatic nitrogens is 2. The van der Waals surface area contributed by atoms with E-state index >= 15 is 0 Å². The first kappa shape index (κ1) is 50.8. The molecular weight excluding hydrogens is 913 g/mol. The van der Waals surface area contributed by atoms with Crippen molar-refractivity contribution in [3.05, 3.63) is 77.6 Å². The number of esters is 1. The summed E-state index contributed by atoms with van der Waals surface area (Å²) in [5, 5.41) is 5.64. The first-order valence-electron chi connectivity index (χ1n) is 25.7. The van der Waals surface area contributed by atoms with Gasteiger partial charge in [-0.1, -0.05) is 63.9 Å². The number of amides is 4. The van der Waals surface area contributed by atoms with E-state index in [4.69, 9.17) is 19.2 Å².